The van der Waals surface area contributed by atoms with Gasteiger partial charge in [0.15, 0.2) is 8.46 Å². The number of pyridine rings is 1. The van der Waals surface area contributed by atoms with E-state index in [-0.39, 0.29) is 8.46 Å². The first-order chi connectivity index (χ1) is 13.8. The van der Waals surface area contributed by atoms with Crippen molar-refractivity contribution in [3.05, 3.63) is 23.5 Å². The Balaban J connectivity index is 2.30. The minimum Gasteiger partial charge on any atom is -0.269 e. The van der Waals surface area contributed by atoms with E-state index in [9.17, 15) is 4.57 Å². The number of aromatic nitrogens is 1. The Morgan fingerprint density at radius 2 is 1.14 bits per heavy atom. The molecule has 0 atom stereocenters. The van der Waals surface area contributed by atoms with E-state index in [0.717, 1.165) is 18.1 Å². The van der Waals surface area contributed by atoms with Crippen molar-refractivity contribution in [3.8, 4) is 0 Å². The molecule has 0 aliphatic rings. The zero-order chi connectivity index (χ0) is 20.3. The first kappa shape index (κ1) is 25.3. The van der Waals surface area contributed by atoms with E-state index < -0.39 is 0 Å². The van der Waals surface area contributed by atoms with Crippen molar-refractivity contribution in [2.75, 3.05) is 0 Å². The van der Waals surface area contributed by atoms with Crippen LogP contribution in [0.1, 0.15) is 128 Å². The van der Waals surface area contributed by atoms with E-state index in [4.69, 9.17) is 0 Å². The van der Waals surface area contributed by atoms with Crippen LogP contribution in [0.25, 0.3) is 0 Å². The monoisotopic (exact) mass is 405 g/mol. The average Bonchev–Trinajstić information content (AvgIpc) is 2.72. The average molecular weight is 406 g/mol. The number of aryl methyl sites for hydroxylation is 1. The predicted octanol–water partition coefficient (Wildman–Crippen LogP) is 8.37. The van der Waals surface area contributed by atoms with Crippen LogP contribution in [0.15, 0.2) is 12.3 Å². The van der Waals surface area contributed by atoms with Crippen molar-refractivity contribution in [2.24, 2.45) is 0 Å². The minimum absolute atomic E-state index is 0.152. The van der Waals surface area contributed by atoms with Gasteiger partial charge in [0.2, 0.25) is 0 Å². The maximum absolute atomic E-state index is 11.6. The number of hydrogen-bond acceptors (Lipinski definition) is 2. The molecule has 0 amide bonds. The first-order valence-corrected chi connectivity index (χ1v) is 12.9. The van der Waals surface area contributed by atoms with Gasteiger partial charge >= 0.3 is 0 Å². The van der Waals surface area contributed by atoms with Crippen molar-refractivity contribution in [2.45, 2.75) is 129 Å². The van der Waals surface area contributed by atoms with Crippen LogP contribution >= 0.6 is 8.46 Å². The molecule has 0 N–H and O–H groups in total. The Hall–Kier alpha value is -0.750. The molecule has 0 saturated carbocycles. The summed E-state index contributed by atoms with van der Waals surface area (Å²) in [5.41, 5.74) is 2.47. The third kappa shape index (κ3) is 11.9. The molecule has 0 fully saturated rings. The number of nitrogens with zero attached hydrogens (tertiary/aromatic N) is 1. The molecule has 28 heavy (non-hydrogen) atoms. The van der Waals surface area contributed by atoms with Gasteiger partial charge in [-0.2, -0.15) is 0 Å². The van der Waals surface area contributed by atoms with Crippen LogP contribution in [-0.2, 0) is 17.4 Å². The fraction of sp³-hybridized carbons (Fsp3) is 0.800. The number of unbranched alkanes of at least 4 members (excludes halogenated alkanes) is 14. The fourth-order valence-corrected chi connectivity index (χ4v) is 4.44. The smallest absolute Gasteiger partial charge is 0.192 e. The lowest BCUT2D eigenvalue weighted by Crippen LogP contribution is -2.10. The van der Waals surface area contributed by atoms with Gasteiger partial charge in [0.1, 0.15) is 0 Å². The SMILES string of the molecule is CCCCCCCCCCc1nccc(P=O)c1CCCCCCCCCC. The molecule has 0 aliphatic heterocycles. The summed E-state index contributed by atoms with van der Waals surface area (Å²) in [6.45, 7) is 4.54. The van der Waals surface area contributed by atoms with Gasteiger partial charge in [-0.1, -0.05) is 104 Å². The van der Waals surface area contributed by atoms with E-state index in [1.54, 1.807) is 0 Å². The molecule has 2 nitrogen and oxygen atoms in total. The van der Waals surface area contributed by atoms with E-state index in [1.807, 2.05) is 12.3 Å². The highest BCUT2D eigenvalue weighted by molar-refractivity contribution is 7.34. The van der Waals surface area contributed by atoms with Gasteiger partial charge in [0.05, 0.1) is 0 Å². The van der Waals surface area contributed by atoms with Gasteiger partial charge in [0.25, 0.3) is 0 Å². The topological polar surface area (TPSA) is 30.0 Å². The third-order valence-electron chi connectivity index (χ3n) is 5.77. The molecule has 0 spiro atoms. The Morgan fingerprint density at radius 1 is 0.679 bits per heavy atom. The molecule has 0 radical (unpaired) electrons. The Kier molecular flexibility index (Phi) is 16.5. The second-order valence-corrected chi connectivity index (χ2v) is 8.96. The zero-order valence-electron chi connectivity index (χ0n) is 18.7. The van der Waals surface area contributed by atoms with E-state index in [2.05, 4.69) is 18.8 Å². The highest BCUT2D eigenvalue weighted by Crippen LogP contribution is 2.17. The van der Waals surface area contributed by atoms with Crippen LogP contribution in [0.2, 0.25) is 0 Å². The summed E-state index contributed by atoms with van der Waals surface area (Å²) in [6.07, 6.45) is 25.3. The Morgan fingerprint density at radius 3 is 1.64 bits per heavy atom. The normalized spacial score (nSPS) is 11.4. The molecular formula is C25H44NOP. The summed E-state index contributed by atoms with van der Waals surface area (Å²) in [7, 11) is 0.152. The molecule has 1 heterocycles. The molecule has 1 aromatic rings. The van der Waals surface area contributed by atoms with E-state index >= 15 is 0 Å². The van der Waals surface area contributed by atoms with Gasteiger partial charge in [-0.3, -0.25) is 9.55 Å². The molecule has 1 rings (SSSR count). The second-order valence-electron chi connectivity index (χ2n) is 8.30. The van der Waals surface area contributed by atoms with Gasteiger partial charge in [-0.05, 0) is 37.3 Å². The standard InChI is InChI=1S/C25H44NOP/c1-3-5-7-9-11-13-15-17-19-23-24(26-22-21-25(23)28-27)20-18-16-14-12-10-8-6-4-2/h21-22H,3-20H2,1-2H3. The van der Waals surface area contributed by atoms with Crippen molar-refractivity contribution >= 4 is 13.8 Å². The number of hydrogen-bond donors (Lipinski definition) is 0. The maximum Gasteiger partial charge on any atom is 0.192 e. The third-order valence-corrected chi connectivity index (χ3v) is 6.38. The molecule has 0 bridgehead atoms. The lowest BCUT2D eigenvalue weighted by molar-refractivity contribution is 0.569. The first-order valence-electron chi connectivity index (χ1n) is 12.1. The minimum atomic E-state index is 0.152. The van der Waals surface area contributed by atoms with Crippen LogP contribution in [-0.4, -0.2) is 4.98 Å². The van der Waals surface area contributed by atoms with Crippen LogP contribution in [0.3, 0.4) is 0 Å². The zero-order valence-corrected chi connectivity index (χ0v) is 19.6. The highest BCUT2D eigenvalue weighted by atomic mass is 31.1. The summed E-state index contributed by atoms with van der Waals surface area (Å²) >= 11 is 0. The second kappa shape index (κ2) is 18.3. The van der Waals surface area contributed by atoms with Crippen LogP contribution in [0.5, 0.6) is 0 Å². The molecule has 0 aliphatic carbocycles. The van der Waals surface area contributed by atoms with Gasteiger partial charge < -0.3 is 0 Å². The summed E-state index contributed by atoms with van der Waals surface area (Å²) < 4.78 is 11.6. The van der Waals surface area contributed by atoms with Gasteiger partial charge in [-0.15, -0.1) is 0 Å². The lowest BCUT2D eigenvalue weighted by Gasteiger charge is -2.11. The van der Waals surface area contributed by atoms with Crippen molar-refractivity contribution in [3.63, 3.8) is 0 Å². The Labute approximate surface area is 176 Å². The molecule has 0 aromatic carbocycles. The lowest BCUT2D eigenvalue weighted by atomic mass is 10.00. The summed E-state index contributed by atoms with van der Waals surface area (Å²) in [6, 6.07) is 1.94. The van der Waals surface area contributed by atoms with Gasteiger partial charge in [0, 0.05) is 17.2 Å². The summed E-state index contributed by atoms with van der Waals surface area (Å²) in [5.74, 6) is 0. The van der Waals surface area contributed by atoms with Crippen molar-refractivity contribution in [1.82, 2.24) is 4.98 Å². The highest BCUT2D eigenvalue weighted by Gasteiger charge is 2.10. The van der Waals surface area contributed by atoms with Crippen LogP contribution < -0.4 is 5.30 Å². The number of rotatable bonds is 19. The summed E-state index contributed by atoms with van der Waals surface area (Å²) in [5, 5.41) is 0.965. The van der Waals surface area contributed by atoms with Crippen molar-refractivity contribution in [1.29, 1.82) is 0 Å². The largest absolute Gasteiger partial charge is 0.269 e. The fourth-order valence-electron chi connectivity index (χ4n) is 3.96. The predicted molar refractivity (Wildman–Crippen MR) is 124 cm³/mol. The molecule has 0 saturated heterocycles. The van der Waals surface area contributed by atoms with Crippen LogP contribution in [0.4, 0.5) is 0 Å². The quantitative estimate of drug-likeness (QED) is 0.171. The maximum atomic E-state index is 11.6. The molecule has 160 valence electrons. The summed E-state index contributed by atoms with van der Waals surface area (Å²) in [4.78, 5) is 4.65. The van der Waals surface area contributed by atoms with Gasteiger partial charge in [-0.25, -0.2) is 0 Å². The van der Waals surface area contributed by atoms with Crippen molar-refractivity contribution < 1.29 is 4.57 Å². The molecule has 0 unspecified atom stereocenters. The molecular weight excluding hydrogens is 361 g/mol. The van der Waals surface area contributed by atoms with E-state index in [0.29, 0.717) is 0 Å². The molecule has 3 heteroatoms. The van der Waals surface area contributed by atoms with Crippen LogP contribution in [0, 0.1) is 0 Å². The Bertz CT molecular complexity index is 503. The van der Waals surface area contributed by atoms with E-state index in [1.165, 1.54) is 114 Å². The molecule has 1 aromatic heterocycles.